The number of benzene rings is 2. The Balaban J connectivity index is 1.62. The van der Waals surface area contributed by atoms with E-state index in [9.17, 15) is 13.2 Å². The molecule has 1 N–H and O–H groups in total. The van der Waals surface area contributed by atoms with Crippen molar-refractivity contribution >= 4 is 33.4 Å². The van der Waals surface area contributed by atoms with Gasteiger partial charge in [-0.3, -0.25) is 4.79 Å². The number of hydrogen-bond donors (Lipinski definition) is 1. The molecule has 168 valence electrons. The van der Waals surface area contributed by atoms with E-state index in [-0.39, 0.29) is 10.8 Å². The molecule has 1 saturated heterocycles. The molecule has 3 rings (SSSR count). The van der Waals surface area contributed by atoms with Crippen LogP contribution in [-0.2, 0) is 14.8 Å². The van der Waals surface area contributed by atoms with Gasteiger partial charge in [-0.25, -0.2) is 8.42 Å². The van der Waals surface area contributed by atoms with Crippen LogP contribution in [0.4, 0.5) is 5.69 Å². The number of anilines is 1. The van der Waals surface area contributed by atoms with Gasteiger partial charge in [0.25, 0.3) is 0 Å². The highest BCUT2D eigenvalue weighted by molar-refractivity contribution is 7.99. The number of rotatable bonds is 9. The molecule has 0 atom stereocenters. The van der Waals surface area contributed by atoms with Crippen LogP contribution in [0.1, 0.15) is 38.5 Å². The Morgan fingerprint density at radius 2 is 1.77 bits per heavy atom. The summed E-state index contributed by atoms with van der Waals surface area (Å²) in [4.78, 5) is 13.8. The average Bonchev–Trinajstić information content (AvgIpc) is 3.08. The number of carbonyl (C=O) groups excluding carboxylic acids is 1. The number of thioether (sulfide) groups is 1. The number of methoxy groups -OCH3 is 1. The zero-order valence-electron chi connectivity index (χ0n) is 17.9. The maximum absolute atomic E-state index is 13.1. The fourth-order valence-corrected chi connectivity index (χ4v) is 5.95. The van der Waals surface area contributed by atoms with Crippen LogP contribution >= 0.6 is 11.8 Å². The van der Waals surface area contributed by atoms with Crippen molar-refractivity contribution in [2.75, 3.05) is 31.3 Å². The number of hydrogen-bond acceptors (Lipinski definition) is 5. The molecule has 1 aliphatic heterocycles. The van der Waals surface area contributed by atoms with Gasteiger partial charge in [-0.15, -0.1) is 11.8 Å². The number of nitrogens with zero attached hydrogens (tertiary/aromatic N) is 1. The van der Waals surface area contributed by atoms with Gasteiger partial charge in [0.2, 0.25) is 15.9 Å². The first-order chi connectivity index (χ1) is 15.0. The van der Waals surface area contributed by atoms with E-state index in [1.165, 1.54) is 18.1 Å². The smallest absolute Gasteiger partial charge is 0.243 e. The summed E-state index contributed by atoms with van der Waals surface area (Å²) in [5, 5.41) is 2.83. The van der Waals surface area contributed by atoms with Gasteiger partial charge in [0.15, 0.2) is 0 Å². The summed E-state index contributed by atoms with van der Waals surface area (Å²) < 4.78 is 33.1. The summed E-state index contributed by atoms with van der Waals surface area (Å²) in [5.41, 5.74) is 0.388. The summed E-state index contributed by atoms with van der Waals surface area (Å²) in [6, 6.07) is 14.7. The van der Waals surface area contributed by atoms with Crippen LogP contribution in [0.15, 0.2) is 58.3 Å². The molecule has 0 aromatic heterocycles. The van der Waals surface area contributed by atoms with Crippen molar-refractivity contribution in [1.29, 1.82) is 0 Å². The third-order valence-electron chi connectivity index (χ3n) is 5.21. The largest absolute Gasteiger partial charge is 0.495 e. The van der Waals surface area contributed by atoms with E-state index in [2.05, 4.69) is 5.32 Å². The second-order valence-corrected chi connectivity index (χ2v) is 10.6. The highest BCUT2D eigenvalue weighted by Gasteiger charge is 2.26. The maximum atomic E-state index is 13.1. The van der Waals surface area contributed by atoms with Crippen molar-refractivity contribution in [2.24, 2.45) is 0 Å². The number of carbonyl (C=O) groups is 1. The number of ether oxygens (including phenoxy) is 1. The van der Waals surface area contributed by atoms with Gasteiger partial charge >= 0.3 is 0 Å². The van der Waals surface area contributed by atoms with Crippen molar-refractivity contribution in [2.45, 2.75) is 48.3 Å². The van der Waals surface area contributed by atoms with Crippen molar-refractivity contribution < 1.29 is 17.9 Å². The zero-order chi connectivity index (χ0) is 22.1. The summed E-state index contributed by atoms with van der Waals surface area (Å²) in [6.07, 6.45) is 4.93. The second-order valence-electron chi connectivity index (χ2n) is 7.49. The molecular weight excluding hydrogens is 432 g/mol. The molecule has 1 fully saturated rings. The van der Waals surface area contributed by atoms with Crippen LogP contribution in [0.5, 0.6) is 5.75 Å². The highest BCUT2D eigenvalue weighted by atomic mass is 32.2. The lowest BCUT2D eigenvalue weighted by Gasteiger charge is -2.21. The summed E-state index contributed by atoms with van der Waals surface area (Å²) in [6.45, 7) is 1.07. The van der Waals surface area contributed by atoms with Gasteiger partial charge in [0, 0.05) is 24.4 Å². The normalized spacial score (nSPS) is 15.3. The minimum Gasteiger partial charge on any atom is -0.495 e. The van der Waals surface area contributed by atoms with Gasteiger partial charge in [-0.05, 0) is 55.3 Å². The predicted molar refractivity (Wildman–Crippen MR) is 125 cm³/mol. The summed E-state index contributed by atoms with van der Waals surface area (Å²) >= 11 is 1.71. The highest BCUT2D eigenvalue weighted by Crippen LogP contribution is 2.30. The first-order valence-electron chi connectivity index (χ1n) is 10.7. The first-order valence-corrected chi connectivity index (χ1v) is 13.1. The van der Waals surface area contributed by atoms with Crippen LogP contribution < -0.4 is 10.1 Å². The molecular formula is C23H30N2O4S2. The third kappa shape index (κ3) is 6.72. The van der Waals surface area contributed by atoms with Crippen molar-refractivity contribution in [3.05, 3.63) is 48.5 Å². The minimum absolute atomic E-state index is 0.156. The Labute approximate surface area is 189 Å². The van der Waals surface area contributed by atoms with Gasteiger partial charge < -0.3 is 10.1 Å². The molecule has 1 heterocycles. The van der Waals surface area contributed by atoms with Crippen LogP contribution in [0.25, 0.3) is 0 Å². The van der Waals surface area contributed by atoms with Crippen LogP contribution in [0.2, 0.25) is 0 Å². The predicted octanol–water partition coefficient (Wildman–Crippen LogP) is 4.77. The Morgan fingerprint density at radius 3 is 2.45 bits per heavy atom. The molecule has 2 aromatic rings. The van der Waals surface area contributed by atoms with Gasteiger partial charge in [-0.2, -0.15) is 4.31 Å². The monoisotopic (exact) mass is 462 g/mol. The molecule has 2 aromatic carbocycles. The molecule has 0 spiro atoms. The van der Waals surface area contributed by atoms with Crippen LogP contribution in [-0.4, -0.2) is 44.6 Å². The fraction of sp³-hybridized carbons (Fsp3) is 0.435. The Morgan fingerprint density at radius 1 is 1.06 bits per heavy atom. The van der Waals surface area contributed by atoms with E-state index < -0.39 is 10.0 Å². The lowest BCUT2D eigenvalue weighted by atomic mass is 10.2. The van der Waals surface area contributed by atoms with E-state index in [1.807, 2.05) is 30.3 Å². The Kier molecular flexibility index (Phi) is 8.80. The molecule has 1 amide bonds. The lowest BCUT2D eigenvalue weighted by molar-refractivity contribution is -0.116. The van der Waals surface area contributed by atoms with E-state index in [0.29, 0.717) is 30.9 Å². The lowest BCUT2D eigenvalue weighted by Crippen LogP contribution is -2.32. The van der Waals surface area contributed by atoms with Gasteiger partial charge in [0.05, 0.1) is 17.7 Å². The average molecular weight is 463 g/mol. The SMILES string of the molecule is COc1ccc(S(=O)(=O)N2CCCCCC2)cc1NC(=O)CCCSc1ccccc1. The Hall–Kier alpha value is -2.03. The number of amides is 1. The Bertz CT molecular complexity index is 957. The van der Waals surface area contributed by atoms with Gasteiger partial charge in [0.1, 0.15) is 5.75 Å². The minimum atomic E-state index is -3.60. The van der Waals surface area contributed by atoms with E-state index in [0.717, 1.165) is 37.9 Å². The third-order valence-corrected chi connectivity index (χ3v) is 8.20. The standard InChI is InChI=1S/C23H30N2O4S2/c1-29-22-14-13-20(31(27,28)25-15-7-2-3-8-16-25)18-21(22)24-23(26)12-9-17-30-19-10-5-4-6-11-19/h4-6,10-11,13-14,18H,2-3,7-9,12,15-17H2,1H3,(H,24,26). The number of nitrogens with one attached hydrogen (secondary N) is 1. The topological polar surface area (TPSA) is 75.7 Å². The zero-order valence-corrected chi connectivity index (χ0v) is 19.5. The van der Waals surface area contributed by atoms with Crippen LogP contribution in [0, 0.1) is 0 Å². The van der Waals surface area contributed by atoms with Crippen molar-refractivity contribution in [1.82, 2.24) is 4.31 Å². The molecule has 8 heteroatoms. The molecule has 6 nitrogen and oxygen atoms in total. The van der Waals surface area contributed by atoms with Crippen molar-refractivity contribution in [3.63, 3.8) is 0 Å². The molecule has 0 bridgehead atoms. The van der Waals surface area contributed by atoms with Crippen LogP contribution in [0.3, 0.4) is 0 Å². The van der Waals surface area contributed by atoms with E-state index in [1.54, 1.807) is 28.2 Å². The molecule has 0 unspecified atom stereocenters. The fourth-order valence-electron chi connectivity index (χ4n) is 3.53. The molecule has 1 aliphatic rings. The van der Waals surface area contributed by atoms with Crippen molar-refractivity contribution in [3.8, 4) is 5.75 Å². The van der Waals surface area contributed by atoms with Gasteiger partial charge in [-0.1, -0.05) is 31.0 Å². The maximum Gasteiger partial charge on any atom is 0.243 e. The van der Waals surface area contributed by atoms with E-state index >= 15 is 0 Å². The van der Waals surface area contributed by atoms with E-state index in [4.69, 9.17) is 4.74 Å². The second kappa shape index (κ2) is 11.5. The first kappa shape index (κ1) is 23.6. The molecule has 31 heavy (non-hydrogen) atoms. The molecule has 0 saturated carbocycles. The summed E-state index contributed by atoms with van der Waals surface area (Å²) in [5.74, 6) is 1.12. The summed E-state index contributed by atoms with van der Waals surface area (Å²) in [7, 11) is -2.09. The number of sulfonamides is 1. The quantitative estimate of drug-likeness (QED) is 0.429. The molecule has 0 radical (unpaired) electrons. The molecule has 0 aliphatic carbocycles.